The molecule has 2 amide bonds. The number of carbonyl (C=O) groups is 3. The molecule has 1 aromatic heterocycles. The van der Waals surface area contributed by atoms with E-state index in [4.69, 9.17) is 5.11 Å². The lowest BCUT2D eigenvalue weighted by Crippen LogP contribution is -2.35. The van der Waals surface area contributed by atoms with Crippen LogP contribution in [0.4, 0.5) is 18.9 Å². The van der Waals surface area contributed by atoms with Crippen LogP contribution in [0.2, 0.25) is 0 Å². The minimum atomic E-state index is -4.59. The summed E-state index contributed by atoms with van der Waals surface area (Å²) in [5.74, 6) is -2.78. The van der Waals surface area contributed by atoms with Crippen LogP contribution in [0.15, 0.2) is 41.3 Å². The van der Waals surface area contributed by atoms with Gasteiger partial charge in [-0.1, -0.05) is 6.07 Å². The van der Waals surface area contributed by atoms with Crippen molar-refractivity contribution in [1.82, 2.24) is 5.43 Å². The molecule has 1 fully saturated rings. The number of alkyl halides is 3. The molecule has 2 heterocycles. The van der Waals surface area contributed by atoms with Gasteiger partial charge in [0.25, 0.3) is 11.8 Å². The first-order chi connectivity index (χ1) is 12.2. The number of rotatable bonds is 3. The highest BCUT2D eigenvalue weighted by atomic mass is 32.1. The topological polar surface area (TPSA) is 86.7 Å². The van der Waals surface area contributed by atoms with E-state index in [1.165, 1.54) is 23.6 Å². The highest BCUT2D eigenvalue weighted by Gasteiger charge is 2.36. The lowest BCUT2D eigenvalue weighted by Gasteiger charge is -2.16. The lowest BCUT2D eigenvalue weighted by atomic mass is 10.1. The smallest absolute Gasteiger partial charge is 0.416 e. The average Bonchev–Trinajstić information content (AvgIpc) is 3.15. The monoisotopic (exact) mass is 382 g/mol. The zero-order valence-electron chi connectivity index (χ0n) is 12.7. The minimum Gasteiger partial charge on any atom is -0.477 e. The van der Waals surface area contributed by atoms with Gasteiger partial charge in [-0.3, -0.25) is 15.0 Å². The second-order valence-electron chi connectivity index (χ2n) is 5.24. The predicted molar refractivity (Wildman–Crippen MR) is 86.3 cm³/mol. The Hall–Kier alpha value is -3.14. The summed E-state index contributed by atoms with van der Waals surface area (Å²) in [7, 11) is 0. The van der Waals surface area contributed by atoms with Crippen LogP contribution in [0.1, 0.15) is 20.8 Å². The lowest BCUT2D eigenvalue weighted by molar-refractivity contribution is -0.137. The van der Waals surface area contributed by atoms with Crippen LogP contribution >= 0.6 is 11.3 Å². The molecule has 10 heteroatoms. The van der Waals surface area contributed by atoms with Crippen molar-refractivity contribution in [2.24, 2.45) is 0 Å². The molecule has 26 heavy (non-hydrogen) atoms. The zero-order chi connectivity index (χ0) is 19.1. The van der Waals surface area contributed by atoms with E-state index in [0.717, 1.165) is 29.5 Å². The van der Waals surface area contributed by atoms with E-state index >= 15 is 0 Å². The molecule has 0 radical (unpaired) electrons. The Balaban J connectivity index is 1.92. The summed E-state index contributed by atoms with van der Waals surface area (Å²) in [6.07, 6.45) is -3.40. The number of carbonyl (C=O) groups excluding carboxylic acids is 2. The number of benzene rings is 1. The first-order valence-corrected chi connectivity index (χ1v) is 7.91. The third-order valence-electron chi connectivity index (χ3n) is 3.46. The molecule has 1 aromatic carbocycles. The summed E-state index contributed by atoms with van der Waals surface area (Å²) < 4.78 is 38.4. The van der Waals surface area contributed by atoms with Crippen molar-refractivity contribution in [3.8, 4) is 0 Å². The maximum absolute atomic E-state index is 12.8. The Kier molecular flexibility index (Phi) is 4.28. The van der Waals surface area contributed by atoms with Gasteiger partial charge in [-0.05, 0) is 41.3 Å². The van der Waals surface area contributed by atoms with Crippen LogP contribution in [0, 0.1) is 0 Å². The molecule has 1 saturated heterocycles. The number of carboxylic acids is 1. The number of hydrogen-bond donors (Lipinski definition) is 2. The van der Waals surface area contributed by atoms with Gasteiger partial charge in [0.1, 0.15) is 10.5 Å². The maximum Gasteiger partial charge on any atom is 0.416 e. The SMILES string of the molecule is O=C1NN(c2cccc(C(F)(F)F)c2)C(=O)/C1=C/c1csc(C(=O)O)c1. The molecule has 134 valence electrons. The molecule has 0 unspecified atom stereocenters. The summed E-state index contributed by atoms with van der Waals surface area (Å²) >= 11 is 0.920. The Morgan fingerprint density at radius 2 is 1.96 bits per heavy atom. The van der Waals surface area contributed by atoms with Crippen molar-refractivity contribution in [3.63, 3.8) is 0 Å². The molecule has 1 aliphatic rings. The van der Waals surface area contributed by atoms with Gasteiger partial charge in [0.2, 0.25) is 0 Å². The molecule has 2 aromatic rings. The Bertz CT molecular complexity index is 949. The van der Waals surface area contributed by atoms with E-state index < -0.39 is 29.5 Å². The fourth-order valence-electron chi connectivity index (χ4n) is 2.27. The van der Waals surface area contributed by atoms with Gasteiger partial charge in [0.05, 0.1) is 11.3 Å². The number of thiophene rings is 1. The number of nitrogens with one attached hydrogen (secondary N) is 1. The van der Waals surface area contributed by atoms with Crippen LogP contribution < -0.4 is 10.4 Å². The minimum absolute atomic E-state index is 0.0254. The van der Waals surface area contributed by atoms with Gasteiger partial charge in [0, 0.05) is 0 Å². The Morgan fingerprint density at radius 3 is 2.58 bits per heavy atom. The van der Waals surface area contributed by atoms with Crippen molar-refractivity contribution in [2.75, 3.05) is 5.01 Å². The Morgan fingerprint density at radius 1 is 1.23 bits per heavy atom. The number of amides is 2. The van der Waals surface area contributed by atoms with Crippen LogP contribution in [-0.4, -0.2) is 22.9 Å². The normalized spacial score (nSPS) is 16.3. The number of nitrogens with zero attached hydrogens (tertiary/aromatic N) is 1. The van der Waals surface area contributed by atoms with Gasteiger partial charge >= 0.3 is 12.1 Å². The summed E-state index contributed by atoms with van der Waals surface area (Å²) in [5, 5.41) is 11.1. The Labute approximate surface area is 148 Å². The number of aromatic carboxylic acids is 1. The molecule has 3 rings (SSSR count). The molecule has 0 bridgehead atoms. The largest absolute Gasteiger partial charge is 0.477 e. The molecular formula is C16H9F3N2O4S. The summed E-state index contributed by atoms with van der Waals surface area (Å²) in [6.45, 7) is 0. The maximum atomic E-state index is 12.8. The predicted octanol–water partition coefficient (Wildman–Crippen LogP) is 2.93. The van der Waals surface area contributed by atoms with E-state index in [1.54, 1.807) is 0 Å². The zero-order valence-corrected chi connectivity index (χ0v) is 13.5. The van der Waals surface area contributed by atoms with Crippen LogP contribution in [-0.2, 0) is 15.8 Å². The number of anilines is 1. The molecule has 0 aliphatic carbocycles. The van der Waals surface area contributed by atoms with E-state index in [0.29, 0.717) is 10.6 Å². The third kappa shape index (κ3) is 3.31. The number of carboxylic acid groups (broad SMARTS) is 1. The van der Waals surface area contributed by atoms with E-state index in [2.05, 4.69) is 5.43 Å². The standard InChI is InChI=1S/C16H9F3N2O4S/c17-16(18,19)9-2-1-3-10(6-9)21-14(23)11(13(22)20-21)4-8-5-12(15(24)25)26-7-8/h1-7H,(H,20,22)(H,24,25)/b11-4+. The van der Waals surface area contributed by atoms with Gasteiger partial charge in [-0.15, -0.1) is 11.3 Å². The number of hydrogen-bond acceptors (Lipinski definition) is 4. The fourth-order valence-corrected chi connectivity index (χ4v) is 2.97. The first-order valence-electron chi connectivity index (χ1n) is 7.03. The quantitative estimate of drug-likeness (QED) is 0.631. The van der Waals surface area contributed by atoms with E-state index in [9.17, 15) is 27.6 Å². The van der Waals surface area contributed by atoms with Crippen molar-refractivity contribution < 1.29 is 32.7 Å². The summed E-state index contributed by atoms with van der Waals surface area (Å²) in [4.78, 5) is 35.3. The van der Waals surface area contributed by atoms with Crippen molar-refractivity contribution in [3.05, 3.63) is 57.3 Å². The third-order valence-corrected chi connectivity index (χ3v) is 4.40. The van der Waals surface area contributed by atoms with Crippen molar-refractivity contribution >= 4 is 40.9 Å². The second-order valence-corrected chi connectivity index (χ2v) is 6.15. The molecule has 0 saturated carbocycles. The molecule has 0 spiro atoms. The highest BCUT2D eigenvalue weighted by Crippen LogP contribution is 2.32. The molecule has 1 aliphatic heterocycles. The van der Waals surface area contributed by atoms with E-state index in [-0.39, 0.29) is 16.1 Å². The van der Waals surface area contributed by atoms with Crippen LogP contribution in [0.3, 0.4) is 0 Å². The second kappa shape index (κ2) is 6.30. The number of halogens is 3. The molecule has 2 N–H and O–H groups in total. The molecule has 6 nitrogen and oxygen atoms in total. The van der Waals surface area contributed by atoms with Gasteiger partial charge in [-0.2, -0.15) is 13.2 Å². The van der Waals surface area contributed by atoms with E-state index in [1.807, 2.05) is 0 Å². The summed E-state index contributed by atoms with van der Waals surface area (Å²) in [5.41, 5.74) is 1.12. The van der Waals surface area contributed by atoms with Crippen molar-refractivity contribution in [2.45, 2.75) is 6.18 Å². The van der Waals surface area contributed by atoms with Crippen LogP contribution in [0.5, 0.6) is 0 Å². The average molecular weight is 382 g/mol. The first kappa shape index (κ1) is 17.7. The van der Waals surface area contributed by atoms with Crippen LogP contribution in [0.25, 0.3) is 6.08 Å². The van der Waals surface area contributed by atoms with Gasteiger partial charge < -0.3 is 5.11 Å². The van der Waals surface area contributed by atoms with Gasteiger partial charge in [-0.25, -0.2) is 9.80 Å². The highest BCUT2D eigenvalue weighted by molar-refractivity contribution is 7.12. The van der Waals surface area contributed by atoms with Crippen molar-refractivity contribution in [1.29, 1.82) is 0 Å². The fraction of sp³-hybridized carbons (Fsp3) is 0.0625. The summed E-state index contributed by atoms with van der Waals surface area (Å²) in [6, 6.07) is 5.25. The molecular weight excluding hydrogens is 373 g/mol. The number of hydrazine groups is 1. The molecule has 0 atom stereocenters. The van der Waals surface area contributed by atoms with Gasteiger partial charge in [0.15, 0.2) is 0 Å².